The highest BCUT2D eigenvalue weighted by Crippen LogP contribution is 2.13. The number of ether oxygens (including phenoxy) is 1. The second-order valence-electron chi connectivity index (χ2n) is 4.95. The molecule has 0 spiro atoms. The molecule has 0 unspecified atom stereocenters. The normalized spacial score (nSPS) is 10.6. The van der Waals surface area contributed by atoms with Crippen LogP contribution in [0.25, 0.3) is 5.65 Å². The number of hydrogen-bond acceptors (Lipinski definition) is 4. The zero-order valence-electron chi connectivity index (χ0n) is 12.4. The lowest BCUT2D eigenvalue weighted by molar-refractivity contribution is -0.115. The number of aryl methyl sites for hydroxylation is 1. The van der Waals surface area contributed by atoms with E-state index in [4.69, 9.17) is 4.74 Å². The van der Waals surface area contributed by atoms with E-state index in [-0.39, 0.29) is 5.91 Å². The van der Waals surface area contributed by atoms with Crippen molar-refractivity contribution in [3.8, 4) is 5.75 Å². The van der Waals surface area contributed by atoms with Crippen LogP contribution in [0.5, 0.6) is 5.75 Å². The number of carbonyl (C=O) groups excluding carboxylic acids is 1. The van der Waals surface area contributed by atoms with Crippen LogP contribution in [0.15, 0.2) is 42.6 Å². The molecule has 1 amide bonds. The maximum atomic E-state index is 12.1. The summed E-state index contributed by atoms with van der Waals surface area (Å²) in [5, 5.41) is 7.09. The molecule has 2 heterocycles. The van der Waals surface area contributed by atoms with Gasteiger partial charge in [0.25, 0.3) is 0 Å². The fraction of sp³-hybridized carbons (Fsp3) is 0.188. The first-order valence-corrected chi connectivity index (χ1v) is 6.90. The number of hydrogen-bond donors (Lipinski definition) is 1. The van der Waals surface area contributed by atoms with Gasteiger partial charge in [-0.2, -0.15) is 5.10 Å². The lowest BCUT2D eigenvalue weighted by atomic mass is 10.1. The van der Waals surface area contributed by atoms with Crippen LogP contribution in [0.2, 0.25) is 0 Å². The minimum Gasteiger partial charge on any atom is -0.497 e. The summed E-state index contributed by atoms with van der Waals surface area (Å²) in [5.41, 5.74) is 2.37. The summed E-state index contributed by atoms with van der Waals surface area (Å²) in [6, 6.07) is 11.1. The van der Waals surface area contributed by atoms with Crippen molar-refractivity contribution < 1.29 is 9.53 Å². The first-order chi connectivity index (χ1) is 10.6. The van der Waals surface area contributed by atoms with E-state index in [2.05, 4.69) is 15.4 Å². The van der Waals surface area contributed by atoms with E-state index in [1.165, 1.54) is 0 Å². The molecule has 0 aliphatic rings. The van der Waals surface area contributed by atoms with Gasteiger partial charge in [0.15, 0.2) is 5.65 Å². The Morgan fingerprint density at radius 2 is 2.00 bits per heavy atom. The van der Waals surface area contributed by atoms with E-state index in [0.29, 0.717) is 17.9 Å². The van der Waals surface area contributed by atoms with Crippen LogP contribution in [0.1, 0.15) is 11.4 Å². The van der Waals surface area contributed by atoms with Crippen molar-refractivity contribution in [1.29, 1.82) is 0 Å². The monoisotopic (exact) mass is 296 g/mol. The number of pyridine rings is 1. The second kappa shape index (κ2) is 5.85. The van der Waals surface area contributed by atoms with E-state index in [1.54, 1.807) is 17.8 Å². The average Bonchev–Trinajstić information content (AvgIpc) is 2.87. The molecule has 0 aliphatic carbocycles. The topological polar surface area (TPSA) is 68.5 Å². The number of aromatic nitrogens is 3. The number of carbonyl (C=O) groups is 1. The number of nitrogens with zero attached hydrogens (tertiary/aromatic N) is 3. The predicted molar refractivity (Wildman–Crippen MR) is 83.1 cm³/mol. The Balaban J connectivity index is 1.69. The van der Waals surface area contributed by atoms with Crippen LogP contribution < -0.4 is 10.1 Å². The molecular weight excluding hydrogens is 280 g/mol. The van der Waals surface area contributed by atoms with Gasteiger partial charge in [0.1, 0.15) is 11.6 Å². The van der Waals surface area contributed by atoms with Gasteiger partial charge in [0.05, 0.1) is 25.4 Å². The smallest absolute Gasteiger partial charge is 0.228 e. The second-order valence-corrected chi connectivity index (χ2v) is 4.95. The lowest BCUT2D eigenvalue weighted by Crippen LogP contribution is -2.14. The van der Waals surface area contributed by atoms with Crippen molar-refractivity contribution in [2.45, 2.75) is 13.3 Å². The minimum absolute atomic E-state index is 0.0821. The van der Waals surface area contributed by atoms with Crippen molar-refractivity contribution in [1.82, 2.24) is 14.6 Å². The minimum atomic E-state index is -0.0821. The summed E-state index contributed by atoms with van der Waals surface area (Å²) < 4.78 is 6.75. The van der Waals surface area contributed by atoms with Crippen LogP contribution in [0, 0.1) is 6.92 Å². The number of amides is 1. The highest BCUT2D eigenvalue weighted by molar-refractivity contribution is 5.92. The Kier molecular flexibility index (Phi) is 3.74. The third-order valence-corrected chi connectivity index (χ3v) is 3.24. The van der Waals surface area contributed by atoms with E-state index in [1.807, 2.05) is 43.3 Å². The number of anilines is 1. The van der Waals surface area contributed by atoms with E-state index in [0.717, 1.165) is 17.0 Å². The molecule has 3 aromatic rings. The maximum Gasteiger partial charge on any atom is 0.228 e. The molecule has 2 aromatic heterocycles. The molecule has 1 N–H and O–H groups in total. The van der Waals surface area contributed by atoms with Gasteiger partial charge < -0.3 is 10.1 Å². The van der Waals surface area contributed by atoms with Gasteiger partial charge in [-0.25, -0.2) is 9.50 Å². The van der Waals surface area contributed by atoms with Crippen LogP contribution in [0.3, 0.4) is 0 Å². The Morgan fingerprint density at radius 3 is 2.73 bits per heavy atom. The van der Waals surface area contributed by atoms with E-state index < -0.39 is 0 Å². The number of benzene rings is 1. The summed E-state index contributed by atoms with van der Waals surface area (Å²) >= 11 is 0. The maximum absolute atomic E-state index is 12.1. The Hall–Kier alpha value is -2.89. The molecule has 0 atom stereocenters. The average molecular weight is 296 g/mol. The summed E-state index contributed by atoms with van der Waals surface area (Å²) in [6.45, 7) is 1.83. The molecule has 3 rings (SSSR count). The van der Waals surface area contributed by atoms with Crippen molar-refractivity contribution in [3.05, 3.63) is 54.0 Å². The summed E-state index contributed by atoms with van der Waals surface area (Å²) in [6.07, 6.45) is 2.06. The van der Waals surface area contributed by atoms with Gasteiger partial charge in [-0.3, -0.25) is 4.79 Å². The third kappa shape index (κ3) is 3.06. The first-order valence-electron chi connectivity index (χ1n) is 6.90. The Labute approximate surface area is 127 Å². The van der Waals surface area contributed by atoms with Crippen LogP contribution >= 0.6 is 0 Å². The molecule has 0 radical (unpaired) electrons. The molecule has 22 heavy (non-hydrogen) atoms. The standard InChI is InChI=1S/C16H16N4O2/c1-11-17-15-8-5-13(10-20(15)19-11)18-16(21)9-12-3-6-14(22-2)7-4-12/h3-8,10H,9H2,1-2H3,(H,18,21). The number of nitrogens with one attached hydrogen (secondary N) is 1. The molecule has 0 aliphatic heterocycles. The third-order valence-electron chi connectivity index (χ3n) is 3.24. The van der Waals surface area contributed by atoms with Crippen molar-refractivity contribution >= 4 is 17.2 Å². The zero-order valence-corrected chi connectivity index (χ0v) is 12.4. The van der Waals surface area contributed by atoms with Crippen molar-refractivity contribution in [3.63, 3.8) is 0 Å². The van der Waals surface area contributed by atoms with Crippen LogP contribution in [-0.2, 0) is 11.2 Å². The fourth-order valence-electron chi connectivity index (χ4n) is 2.20. The quantitative estimate of drug-likeness (QED) is 0.801. The zero-order chi connectivity index (χ0) is 15.5. The van der Waals surface area contributed by atoms with Gasteiger partial charge in [-0.1, -0.05) is 12.1 Å². The molecule has 6 heteroatoms. The van der Waals surface area contributed by atoms with Crippen LogP contribution in [0.4, 0.5) is 5.69 Å². The molecular formula is C16H16N4O2. The highest BCUT2D eigenvalue weighted by atomic mass is 16.5. The molecule has 0 bridgehead atoms. The van der Waals surface area contributed by atoms with Gasteiger partial charge in [-0.15, -0.1) is 0 Å². The number of fused-ring (bicyclic) bond motifs is 1. The largest absolute Gasteiger partial charge is 0.497 e. The Morgan fingerprint density at radius 1 is 1.23 bits per heavy atom. The Bertz CT molecular complexity index is 809. The predicted octanol–water partition coefficient (Wildman–Crippen LogP) is 2.23. The van der Waals surface area contributed by atoms with Crippen molar-refractivity contribution in [2.24, 2.45) is 0 Å². The summed E-state index contributed by atoms with van der Waals surface area (Å²) in [4.78, 5) is 16.3. The van der Waals surface area contributed by atoms with Gasteiger partial charge in [0, 0.05) is 0 Å². The van der Waals surface area contributed by atoms with Gasteiger partial charge >= 0.3 is 0 Å². The van der Waals surface area contributed by atoms with E-state index in [9.17, 15) is 4.79 Å². The van der Waals surface area contributed by atoms with Gasteiger partial charge in [0.2, 0.25) is 5.91 Å². The molecule has 1 aromatic carbocycles. The van der Waals surface area contributed by atoms with Crippen LogP contribution in [-0.4, -0.2) is 27.6 Å². The molecule has 0 saturated carbocycles. The molecule has 112 valence electrons. The summed E-state index contributed by atoms with van der Waals surface area (Å²) in [7, 11) is 1.61. The number of rotatable bonds is 4. The summed E-state index contributed by atoms with van der Waals surface area (Å²) in [5.74, 6) is 1.39. The highest BCUT2D eigenvalue weighted by Gasteiger charge is 2.06. The SMILES string of the molecule is COc1ccc(CC(=O)Nc2ccc3nc(C)nn3c2)cc1. The molecule has 6 nitrogen and oxygen atoms in total. The van der Waals surface area contributed by atoms with Gasteiger partial charge in [-0.05, 0) is 36.8 Å². The fourth-order valence-corrected chi connectivity index (χ4v) is 2.20. The first kappa shape index (κ1) is 14.1. The molecule has 0 saturated heterocycles. The van der Waals surface area contributed by atoms with Crippen molar-refractivity contribution in [2.75, 3.05) is 12.4 Å². The molecule has 0 fully saturated rings. The van der Waals surface area contributed by atoms with E-state index >= 15 is 0 Å². The lowest BCUT2D eigenvalue weighted by Gasteiger charge is -2.06. The number of methoxy groups -OCH3 is 1.